The Morgan fingerprint density at radius 2 is 1.67 bits per heavy atom. The summed E-state index contributed by atoms with van der Waals surface area (Å²) in [7, 11) is 0. The van der Waals surface area contributed by atoms with E-state index in [0.717, 1.165) is 22.3 Å². The van der Waals surface area contributed by atoms with Crippen LogP contribution < -0.4 is 10.6 Å². The molecule has 2 aliphatic rings. The molecule has 156 valence electrons. The molecule has 1 saturated carbocycles. The Labute approximate surface area is 174 Å². The van der Waals surface area contributed by atoms with E-state index in [2.05, 4.69) is 22.8 Å². The van der Waals surface area contributed by atoms with Crippen LogP contribution >= 0.6 is 0 Å². The molecule has 0 bridgehead atoms. The van der Waals surface area contributed by atoms with Crippen molar-refractivity contribution in [2.24, 2.45) is 11.8 Å². The first kappa shape index (κ1) is 19.9. The van der Waals surface area contributed by atoms with E-state index in [9.17, 15) is 14.4 Å². The molecule has 0 aliphatic heterocycles. The zero-order chi connectivity index (χ0) is 21.3. The van der Waals surface area contributed by atoms with Crippen LogP contribution in [0.25, 0.3) is 11.1 Å². The Kier molecular flexibility index (Phi) is 5.44. The maximum atomic E-state index is 12.2. The van der Waals surface area contributed by atoms with Crippen molar-refractivity contribution in [3.8, 4) is 11.1 Å². The van der Waals surface area contributed by atoms with Gasteiger partial charge in [0.1, 0.15) is 12.6 Å². The Balaban J connectivity index is 1.29. The van der Waals surface area contributed by atoms with Gasteiger partial charge in [0.2, 0.25) is 5.91 Å². The normalized spacial score (nSPS) is 19.9. The number of ether oxygens (including phenoxy) is 1. The number of aliphatic carboxylic acids is 1. The molecule has 1 fully saturated rings. The number of benzene rings is 2. The molecule has 3 N–H and O–H groups in total. The lowest BCUT2D eigenvalue weighted by Crippen LogP contribution is -2.45. The van der Waals surface area contributed by atoms with Gasteiger partial charge in [-0.1, -0.05) is 48.5 Å². The fraction of sp³-hybridized carbons (Fsp3) is 0.348. The number of hydrogen-bond acceptors (Lipinski definition) is 4. The van der Waals surface area contributed by atoms with Crippen LogP contribution in [0.5, 0.6) is 0 Å². The predicted molar refractivity (Wildman–Crippen MR) is 110 cm³/mol. The molecule has 2 aromatic carbocycles. The summed E-state index contributed by atoms with van der Waals surface area (Å²) >= 11 is 0. The van der Waals surface area contributed by atoms with Crippen molar-refractivity contribution >= 4 is 18.0 Å². The van der Waals surface area contributed by atoms with Crippen LogP contribution in [-0.2, 0) is 14.3 Å². The highest BCUT2D eigenvalue weighted by Gasteiger charge is 2.43. The summed E-state index contributed by atoms with van der Waals surface area (Å²) < 4.78 is 5.44. The van der Waals surface area contributed by atoms with Gasteiger partial charge in [-0.15, -0.1) is 0 Å². The summed E-state index contributed by atoms with van der Waals surface area (Å²) in [6.07, 6.45) is -0.0848. The minimum absolute atomic E-state index is 0.0342. The van der Waals surface area contributed by atoms with Crippen molar-refractivity contribution in [1.29, 1.82) is 0 Å². The van der Waals surface area contributed by atoms with Gasteiger partial charge in [-0.3, -0.25) is 9.59 Å². The average molecular weight is 408 g/mol. The molecule has 2 unspecified atom stereocenters. The molecular weight excluding hydrogens is 384 g/mol. The Morgan fingerprint density at radius 1 is 1.07 bits per heavy atom. The number of hydrogen-bond donors (Lipinski definition) is 3. The minimum Gasteiger partial charge on any atom is -0.481 e. The molecule has 7 nitrogen and oxygen atoms in total. The monoisotopic (exact) mass is 408 g/mol. The van der Waals surface area contributed by atoms with Crippen molar-refractivity contribution in [1.82, 2.24) is 10.6 Å². The van der Waals surface area contributed by atoms with E-state index < -0.39 is 18.1 Å². The molecule has 3 atom stereocenters. The Bertz CT molecular complexity index is 944. The molecule has 0 aromatic heterocycles. The minimum atomic E-state index is -0.834. The number of amides is 2. The van der Waals surface area contributed by atoms with Gasteiger partial charge >= 0.3 is 12.1 Å². The Morgan fingerprint density at radius 3 is 2.23 bits per heavy atom. The fourth-order valence-corrected chi connectivity index (χ4v) is 4.04. The average Bonchev–Trinajstić information content (AvgIpc) is 3.46. The number of carboxylic acid groups (broad SMARTS) is 1. The third kappa shape index (κ3) is 4.01. The quantitative estimate of drug-likeness (QED) is 0.653. The fourth-order valence-electron chi connectivity index (χ4n) is 4.04. The van der Waals surface area contributed by atoms with Crippen molar-refractivity contribution in [3.63, 3.8) is 0 Å². The molecule has 7 heteroatoms. The lowest BCUT2D eigenvalue weighted by molar-refractivity contribution is -0.139. The third-order valence-corrected chi connectivity index (χ3v) is 5.85. The first-order chi connectivity index (χ1) is 14.5. The maximum absolute atomic E-state index is 12.2. The summed E-state index contributed by atoms with van der Waals surface area (Å²) in [5.74, 6) is -1.66. The van der Waals surface area contributed by atoms with Gasteiger partial charge in [-0.2, -0.15) is 0 Å². The van der Waals surface area contributed by atoms with Crippen molar-refractivity contribution in [2.75, 3.05) is 13.2 Å². The van der Waals surface area contributed by atoms with E-state index in [1.54, 1.807) is 6.92 Å². The number of carbonyl (C=O) groups excluding carboxylic acids is 2. The number of nitrogens with one attached hydrogen (secondary N) is 2. The number of alkyl carbamates (subject to hydrolysis) is 1. The predicted octanol–water partition coefficient (Wildman–Crippen LogP) is 2.75. The zero-order valence-electron chi connectivity index (χ0n) is 16.6. The third-order valence-electron chi connectivity index (χ3n) is 5.85. The zero-order valence-corrected chi connectivity index (χ0v) is 16.6. The molecule has 4 rings (SSSR count). The van der Waals surface area contributed by atoms with E-state index >= 15 is 0 Å². The van der Waals surface area contributed by atoms with Crippen LogP contribution in [0.4, 0.5) is 4.79 Å². The number of fused-ring (bicyclic) bond motifs is 3. The number of rotatable bonds is 7. The second-order valence-corrected chi connectivity index (χ2v) is 7.88. The molecule has 0 saturated heterocycles. The summed E-state index contributed by atoms with van der Waals surface area (Å²) in [6, 6.07) is 15.4. The second-order valence-electron chi connectivity index (χ2n) is 7.88. The lowest BCUT2D eigenvalue weighted by Gasteiger charge is -2.17. The van der Waals surface area contributed by atoms with E-state index in [4.69, 9.17) is 9.84 Å². The van der Waals surface area contributed by atoms with Crippen molar-refractivity contribution < 1.29 is 24.2 Å². The summed E-state index contributed by atoms with van der Waals surface area (Å²) in [6.45, 7) is 2.04. The van der Waals surface area contributed by atoms with Crippen LogP contribution in [0.15, 0.2) is 48.5 Å². The van der Waals surface area contributed by atoms with E-state index in [1.807, 2.05) is 36.4 Å². The highest BCUT2D eigenvalue weighted by Crippen LogP contribution is 2.44. The highest BCUT2D eigenvalue weighted by molar-refractivity contribution is 5.85. The van der Waals surface area contributed by atoms with Crippen LogP contribution in [-0.4, -0.2) is 42.3 Å². The van der Waals surface area contributed by atoms with Crippen LogP contribution in [0.2, 0.25) is 0 Å². The largest absolute Gasteiger partial charge is 0.481 e. The molecule has 2 aliphatic carbocycles. The van der Waals surface area contributed by atoms with E-state index in [1.165, 1.54) is 0 Å². The molecule has 30 heavy (non-hydrogen) atoms. The molecule has 0 radical (unpaired) electrons. The Hall–Kier alpha value is -3.35. The van der Waals surface area contributed by atoms with Gasteiger partial charge in [-0.05, 0) is 41.5 Å². The topological polar surface area (TPSA) is 105 Å². The standard InChI is InChI=1S/C23H24N2O5/c1-13(21(26)24-11-14-10-19(14)22(27)28)25-23(29)30-12-20-17-8-4-2-6-15(17)16-7-3-5-9-18(16)20/h2-9,13-14,19-20H,10-12H2,1H3,(H,24,26)(H,25,29)(H,27,28)/t13-,14?,19?/m0/s1. The first-order valence-corrected chi connectivity index (χ1v) is 10.1. The van der Waals surface area contributed by atoms with Crippen molar-refractivity contribution in [2.45, 2.75) is 25.3 Å². The summed E-state index contributed by atoms with van der Waals surface area (Å²) in [4.78, 5) is 35.2. The van der Waals surface area contributed by atoms with E-state index in [0.29, 0.717) is 13.0 Å². The van der Waals surface area contributed by atoms with Gasteiger partial charge in [0.25, 0.3) is 0 Å². The molecule has 2 amide bonds. The maximum Gasteiger partial charge on any atom is 0.407 e. The van der Waals surface area contributed by atoms with Gasteiger partial charge in [0, 0.05) is 12.5 Å². The molecule has 0 heterocycles. The van der Waals surface area contributed by atoms with Crippen LogP contribution in [0.1, 0.15) is 30.4 Å². The molecular formula is C23H24N2O5. The smallest absolute Gasteiger partial charge is 0.407 e. The molecule has 2 aromatic rings. The van der Waals surface area contributed by atoms with Gasteiger partial charge in [0.05, 0.1) is 5.92 Å². The SMILES string of the molecule is C[C@H](NC(=O)OCC1c2ccccc2-c2ccccc21)C(=O)NCC1CC1C(=O)O. The van der Waals surface area contributed by atoms with Crippen LogP contribution in [0.3, 0.4) is 0 Å². The van der Waals surface area contributed by atoms with Crippen LogP contribution in [0, 0.1) is 11.8 Å². The number of carboxylic acids is 1. The number of carbonyl (C=O) groups is 3. The van der Waals surface area contributed by atoms with Gasteiger partial charge < -0.3 is 20.5 Å². The summed E-state index contributed by atoms with van der Waals surface area (Å²) in [5.41, 5.74) is 4.54. The summed E-state index contributed by atoms with van der Waals surface area (Å²) in [5, 5.41) is 14.1. The second kappa shape index (κ2) is 8.18. The molecule has 0 spiro atoms. The first-order valence-electron chi connectivity index (χ1n) is 10.1. The van der Waals surface area contributed by atoms with Crippen molar-refractivity contribution in [3.05, 3.63) is 59.7 Å². The van der Waals surface area contributed by atoms with Gasteiger partial charge in [-0.25, -0.2) is 4.79 Å². The van der Waals surface area contributed by atoms with E-state index in [-0.39, 0.29) is 30.3 Å². The lowest BCUT2D eigenvalue weighted by atomic mass is 9.98. The van der Waals surface area contributed by atoms with Gasteiger partial charge in [0.15, 0.2) is 0 Å². The highest BCUT2D eigenvalue weighted by atomic mass is 16.5.